The van der Waals surface area contributed by atoms with Gasteiger partial charge in [0.1, 0.15) is 17.7 Å². The van der Waals surface area contributed by atoms with Crippen molar-refractivity contribution >= 4 is 40.8 Å². The zero-order chi connectivity index (χ0) is 27.1. The van der Waals surface area contributed by atoms with Crippen LogP contribution in [0.2, 0.25) is 5.28 Å². The number of nitrogens with one attached hydrogen (secondary N) is 1. The first-order valence-electron chi connectivity index (χ1n) is 13.2. The molecule has 0 spiro atoms. The van der Waals surface area contributed by atoms with E-state index in [0.717, 1.165) is 43.1 Å². The van der Waals surface area contributed by atoms with Crippen LogP contribution in [0.4, 0.5) is 15.9 Å². The standard InChI is InChI=1S/C26H29ClFN7O4/c27-26-29-13-16(23(31-26)34-7-9-39-10-8-34)14-32-3-5-33(6-4-32)21-12-17(28)11-18-19(21)15-35(25(18)38)20-1-2-22(36)30-24(20)37/h11-13,20H,1-10,14-15H2,(H,30,36,37). The Hall–Kier alpha value is -3.35. The summed E-state index contributed by atoms with van der Waals surface area (Å²) < 4.78 is 20.2. The molecule has 13 heteroatoms. The zero-order valence-corrected chi connectivity index (χ0v) is 22.1. The summed E-state index contributed by atoms with van der Waals surface area (Å²) in [5, 5.41) is 2.52. The number of ether oxygens (including phenoxy) is 1. The summed E-state index contributed by atoms with van der Waals surface area (Å²) in [4.78, 5) is 53.9. The number of fused-ring (bicyclic) bond motifs is 1. The summed E-state index contributed by atoms with van der Waals surface area (Å²) in [5.74, 6) is -0.857. The molecule has 11 nitrogen and oxygen atoms in total. The molecule has 1 atom stereocenters. The maximum absolute atomic E-state index is 14.7. The van der Waals surface area contributed by atoms with Gasteiger partial charge in [0.25, 0.3) is 5.91 Å². The van der Waals surface area contributed by atoms with Crippen LogP contribution in [-0.4, -0.2) is 96.0 Å². The minimum Gasteiger partial charge on any atom is -0.378 e. The van der Waals surface area contributed by atoms with Crippen molar-refractivity contribution in [3.63, 3.8) is 0 Å². The Morgan fingerprint density at radius 3 is 2.56 bits per heavy atom. The van der Waals surface area contributed by atoms with E-state index in [-0.39, 0.29) is 42.0 Å². The lowest BCUT2D eigenvalue weighted by Gasteiger charge is -2.37. The molecule has 1 unspecified atom stereocenters. The van der Waals surface area contributed by atoms with E-state index in [4.69, 9.17) is 16.3 Å². The molecule has 6 rings (SSSR count). The van der Waals surface area contributed by atoms with Crippen LogP contribution in [-0.2, 0) is 27.4 Å². The van der Waals surface area contributed by atoms with E-state index in [2.05, 4.69) is 30.0 Å². The van der Waals surface area contributed by atoms with Crippen LogP contribution < -0.4 is 15.1 Å². The number of amides is 3. The molecule has 2 aromatic rings. The van der Waals surface area contributed by atoms with E-state index in [1.807, 2.05) is 0 Å². The molecule has 3 saturated heterocycles. The Labute approximate surface area is 229 Å². The van der Waals surface area contributed by atoms with Gasteiger partial charge in [-0.2, -0.15) is 0 Å². The number of carbonyl (C=O) groups excluding carboxylic acids is 3. The highest BCUT2D eigenvalue weighted by Crippen LogP contribution is 2.36. The molecule has 3 fully saturated rings. The Kier molecular flexibility index (Phi) is 7.08. The number of benzene rings is 1. The minimum atomic E-state index is -0.738. The van der Waals surface area contributed by atoms with Gasteiger partial charge in [-0.3, -0.25) is 24.6 Å². The van der Waals surface area contributed by atoms with Crippen molar-refractivity contribution in [2.24, 2.45) is 0 Å². The highest BCUT2D eigenvalue weighted by atomic mass is 35.5. The minimum absolute atomic E-state index is 0.172. The number of anilines is 2. The number of hydrogen-bond acceptors (Lipinski definition) is 9. The molecule has 0 bridgehead atoms. The highest BCUT2D eigenvalue weighted by Gasteiger charge is 2.41. The van der Waals surface area contributed by atoms with E-state index in [1.165, 1.54) is 17.0 Å². The van der Waals surface area contributed by atoms with Crippen molar-refractivity contribution in [3.05, 3.63) is 46.1 Å². The second-order valence-electron chi connectivity index (χ2n) is 10.2. The van der Waals surface area contributed by atoms with E-state index in [1.54, 1.807) is 6.20 Å². The quantitative estimate of drug-likeness (QED) is 0.428. The topological polar surface area (TPSA) is 111 Å². The Balaban J connectivity index is 1.16. The number of nitrogens with zero attached hydrogens (tertiary/aromatic N) is 6. The third-order valence-electron chi connectivity index (χ3n) is 7.83. The number of carbonyl (C=O) groups is 3. The molecular formula is C26H29ClFN7O4. The maximum atomic E-state index is 14.7. The molecule has 1 aromatic heterocycles. The molecule has 4 aliphatic rings. The van der Waals surface area contributed by atoms with Gasteiger partial charge in [-0.25, -0.2) is 14.4 Å². The number of halogens is 2. The van der Waals surface area contributed by atoms with Gasteiger partial charge in [-0.05, 0) is 30.2 Å². The lowest BCUT2D eigenvalue weighted by atomic mass is 10.0. The van der Waals surface area contributed by atoms with Gasteiger partial charge in [0.2, 0.25) is 17.1 Å². The summed E-state index contributed by atoms with van der Waals surface area (Å²) in [6.45, 7) is 6.36. The van der Waals surface area contributed by atoms with Crippen LogP contribution >= 0.6 is 11.6 Å². The molecule has 1 N–H and O–H groups in total. The van der Waals surface area contributed by atoms with Crippen molar-refractivity contribution in [3.8, 4) is 0 Å². The maximum Gasteiger partial charge on any atom is 0.255 e. The van der Waals surface area contributed by atoms with Crippen LogP contribution in [0.1, 0.15) is 34.3 Å². The number of rotatable bonds is 5. The molecule has 206 valence electrons. The smallest absolute Gasteiger partial charge is 0.255 e. The number of morpholine rings is 1. The number of hydrogen-bond donors (Lipinski definition) is 1. The largest absolute Gasteiger partial charge is 0.378 e. The van der Waals surface area contributed by atoms with Gasteiger partial charge < -0.3 is 19.4 Å². The molecule has 1 aromatic carbocycles. The summed E-state index contributed by atoms with van der Waals surface area (Å²) in [5.41, 5.74) is 2.68. The molecule has 3 amide bonds. The van der Waals surface area contributed by atoms with Gasteiger partial charge in [0, 0.05) is 87.4 Å². The fourth-order valence-corrected chi connectivity index (χ4v) is 5.94. The predicted octanol–water partition coefficient (Wildman–Crippen LogP) is 1.19. The van der Waals surface area contributed by atoms with Crippen molar-refractivity contribution in [1.82, 2.24) is 25.1 Å². The number of piperidine rings is 1. The van der Waals surface area contributed by atoms with Crippen molar-refractivity contribution < 1.29 is 23.5 Å². The van der Waals surface area contributed by atoms with Gasteiger partial charge >= 0.3 is 0 Å². The number of piperazine rings is 1. The Morgan fingerprint density at radius 1 is 1.05 bits per heavy atom. The third-order valence-corrected chi connectivity index (χ3v) is 8.01. The fourth-order valence-electron chi connectivity index (χ4n) is 5.81. The third kappa shape index (κ3) is 5.15. The Morgan fingerprint density at radius 2 is 1.82 bits per heavy atom. The van der Waals surface area contributed by atoms with Crippen LogP contribution in [0.25, 0.3) is 0 Å². The first kappa shape index (κ1) is 25.9. The first-order valence-corrected chi connectivity index (χ1v) is 13.5. The molecule has 39 heavy (non-hydrogen) atoms. The summed E-state index contributed by atoms with van der Waals surface area (Å²) in [7, 11) is 0. The van der Waals surface area contributed by atoms with E-state index < -0.39 is 17.8 Å². The summed E-state index contributed by atoms with van der Waals surface area (Å²) >= 11 is 6.11. The monoisotopic (exact) mass is 557 g/mol. The lowest BCUT2D eigenvalue weighted by Crippen LogP contribution is -2.52. The normalized spacial score (nSPS) is 22.4. The number of imide groups is 1. The molecule has 4 aliphatic heterocycles. The molecule has 5 heterocycles. The van der Waals surface area contributed by atoms with Crippen molar-refractivity contribution in [1.29, 1.82) is 0 Å². The van der Waals surface area contributed by atoms with Gasteiger partial charge in [0.05, 0.1) is 13.2 Å². The van der Waals surface area contributed by atoms with Gasteiger partial charge in [-0.1, -0.05) is 0 Å². The van der Waals surface area contributed by atoms with E-state index in [9.17, 15) is 18.8 Å². The predicted molar refractivity (Wildman–Crippen MR) is 140 cm³/mol. The number of aromatic nitrogens is 2. The Bertz CT molecular complexity index is 1310. The van der Waals surface area contributed by atoms with Crippen LogP contribution in [0.5, 0.6) is 0 Å². The highest BCUT2D eigenvalue weighted by molar-refractivity contribution is 6.28. The summed E-state index contributed by atoms with van der Waals surface area (Å²) in [6, 6.07) is 1.98. The second-order valence-corrected chi connectivity index (χ2v) is 10.5. The summed E-state index contributed by atoms with van der Waals surface area (Å²) in [6.07, 6.45) is 2.22. The average Bonchev–Trinajstić information content (AvgIpc) is 3.26. The first-order chi connectivity index (χ1) is 18.9. The molecule has 0 aliphatic carbocycles. The molecule has 0 saturated carbocycles. The average molecular weight is 558 g/mol. The lowest BCUT2D eigenvalue weighted by molar-refractivity contribution is -0.136. The molecular weight excluding hydrogens is 529 g/mol. The van der Waals surface area contributed by atoms with Gasteiger partial charge in [-0.15, -0.1) is 0 Å². The van der Waals surface area contributed by atoms with Crippen LogP contribution in [0.15, 0.2) is 18.3 Å². The van der Waals surface area contributed by atoms with Crippen molar-refractivity contribution in [2.75, 3.05) is 62.3 Å². The van der Waals surface area contributed by atoms with Gasteiger partial charge in [0.15, 0.2) is 0 Å². The zero-order valence-electron chi connectivity index (χ0n) is 21.4. The van der Waals surface area contributed by atoms with E-state index in [0.29, 0.717) is 38.5 Å². The van der Waals surface area contributed by atoms with Crippen LogP contribution in [0.3, 0.4) is 0 Å². The second kappa shape index (κ2) is 10.7. The fraction of sp³-hybridized carbons (Fsp3) is 0.500. The van der Waals surface area contributed by atoms with E-state index >= 15 is 0 Å². The van der Waals surface area contributed by atoms with Crippen LogP contribution in [0, 0.1) is 5.82 Å². The molecule has 0 radical (unpaired) electrons. The SMILES string of the molecule is O=C1CCC(N2Cc3c(cc(F)cc3N3CCN(Cc4cnc(Cl)nc4N4CCOCC4)CC3)C2=O)C(=O)N1. The van der Waals surface area contributed by atoms with Crippen molar-refractivity contribution in [2.45, 2.75) is 32.0 Å².